The van der Waals surface area contributed by atoms with E-state index in [0.29, 0.717) is 34.6 Å². The number of pyridine rings is 1. The van der Waals surface area contributed by atoms with Crippen LogP contribution >= 0.6 is 23.4 Å². The monoisotopic (exact) mass is 483 g/mol. The molecule has 2 aromatic rings. The van der Waals surface area contributed by atoms with Crippen molar-refractivity contribution in [2.45, 2.75) is 47.8 Å². The summed E-state index contributed by atoms with van der Waals surface area (Å²) in [4.78, 5) is 17.1. The lowest BCUT2D eigenvalue weighted by atomic mass is 10.2. The SMILES string of the molecule is COc1ccc(Cl)cc1NC(=O)[C@@H](C)Sc1ccc(S(=O)(=O)N2CCCCCC2)cn1. The summed E-state index contributed by atoms with van der Waals surface area (Å²) in [6.45, 7) is 2.84. The van der Waals surface area contributed by atoms with Crippen LogP contribution in [0.1, 0.15) is 32.6 Å². The summed E-state index contributed by atoms with van der Waals surface area (Å²) < 4.78 is 32.5. The zero-order valence-corrected chi connectivity index (χ0v) is 19.9. The zero-order valence-electron chi connectivity index (χ0n) is 17.5. The van der Waals surface area contributed by atoms with Gasteiger partial charge in [0, 0.05) is 24.3 Å². The van der Waals surface area contributed by atoms with E-state index in [2.05, 4.69) is 10.3 Å². The summed E-state index contributed by atoms with van der Waals surface area (Å²) in [6, 6.07) is 8.18. The zero-order chi connectivity index (χ0) is 22.4. The second kappa shape index (κ2) is 10.7. The minimum Gasteiger partial charge on any atom is -0.495 e. The van der Waals surface area contributed by atoms with Crippen LogP contribution in [0.15, 0.2) is 46.5 Å². The van der Waals surface area contributed by atoms with Gasteiger partial charge in [-0.3, -0.25) is 4.79 Å². The number of halogens is 1. The van der Waals surface area contributed by atoms with Gasteiger partial charge in [-0.1, -0.05) is 36.2 Å². The van der Waals surface area contributed by atoms with Gasteiger partial charge in [0.1, 0.15) is 10.6 Å². The first kappa shape index (κ1) is 23.8. The fraction of sp³-hybridized carbons (Fsp3) is 0.429. The quantitative estimate of drug-likeness (QED) is 0.586. The number of hydrogen-bond donors (Lipinski definition) is 1. The molecule has 7 nitrogen and oxygen atoms in total. The van der Waals surface area contributed by atoms with Gasteiger partial charge in [-0.15, -0.1) is 0 Å². The number of amides is 1. The van der Waals surface area contributed by atoms with Crippen LogP contribution in [0.4, 0.5) is 5.69 Å². The molecule has 1 atom stereocenters. The van der Waals surface area contributed by atoms with Gasteiger partial charge in [0.05, 0.1) is 23.1 Å². The minimum absolute atomic E-state index is 0.180. The first-order chi connectivity index (χ1) is 14.8. The van der Waals surface area contributed by atoms with Crippen LogP contribution in [0.25, 0.3) is 0 Å². The third kappa shape index (κ3) is 6.12. The Labute approximate surface area is 192 Å². The molecule has 3 rings (SSSR count). The Kier molecular flexibility index (Phi) is 8.21. The average molecular weight is 484 g/mol. The van der Waals surface area contributed by atoms with E-state index >= 15 is 0 Å². The van der Waals surface area contributed by atoms with E-state index in [4.69, 9.17) is 16.3 Å². The van der Waals surface area contributed by atoms with Crippen molar-refractivity contribution >= 4 is 45.0 Å². The van der Waals surface area contributed by atoms with E-state index in [9.17, 15) is 13.2 Å². The largest absolute Gasteiger partial charge is 0.495 e. The number of methoxy groups -OCH3 is 1. The maximum absolute atomic E-state index is 12.9. The number of hydrogen-bond acceptors (Lipinski definition) is 6. The number of ether oxygens (including phenoxy) is 1. The van der Waals surface area contributed by atoms with Crippen LogP contribution in [0.5, 0.6) is 5.75 Å². The molecule has 1 saturated heterocycles. The predicted molar refractivity (Wildman–Crippen MR) is 123 cm³/mol. The van der Waals surface area contributed by atoms with Gasteiger partial charge in [-0.05, 0) is 50.1 Å². The smallest absolute Gasteiger partial charge is 0.244 e. The maximum Gasteiger partial charge on any atom is 0.244 e. The van der Waals surface area contributed by atoms with Crippen LogP contribution in [-0.4, -0.2) is 49.1 Å². The first-order valence-electron chi connectivity index (χ1n) is 10.1. The van der Waals surface area contributed by atoms with Crippen LogP contribution in [0, 0.1) is 0 Å². The van der Waals surface area contributed by atoms with Crippen LogP contribution in [-0.2, 0) is 14.8 Å². The van der Waals surface area contributed by atoms with Gasteiger partial charge in [-0.25, -0.2) is 13.4 Å². The van der Waals surface area contributed by atoms with E-state index in [1.54, 1.807) is 37.3 Å². The van der Waals surface area contributed by atoms with Crippen molar-refractivity contribution in [3.05, 3.63) is 41.6 Å². The van der Waals surface area contributed by atoms with E-state index < -0.39 is 15.3 Å². The highest BCUT2D eigenvalue weighted by Crippen LogP contribution is 2.30. The number of carbonyl (C=O) groups excluding carboxylic acids is 1. The molecule has 0 saturated carbocycles. The van der Waals surface area contributed by atoms with Crippen LogP contribution in [0.3, 0.4) is 0 Å². The second-order valence-electron chi connectivity index (χ2n) is 7.24. The fourth-order valence-corrected chi connectivity index (χ4v) is 5.69. The summed E-state index contributed by atoms with van der Waals surface area (Å²) in [5.41, 5.74) is 0.485. The number of benzene rings is 1. The summed E-state index contributed by atoms with van der Waals surface area (Å²) in [6.07, 6.45) is 5.24. The van der Waals surface area contributed by atoms with Crippen molar-refractivity contribution in [1.82, 2.24) is 9.29 Å². The van der Waals surface area contributed by atoms with Crippen molar-refractivity contribution in [2.75, 3.05) is 25.5 Å². The summed E-state index contributed by atoms with van der Waals surface area (Å²) in [7, 11) is -2.03. The first-order valence-corrected chi connectivity index (χ1v) is 12.8. The lowest BCUT2D eigenvalue weighted by Crippen LogP contribution is -2.32. The Morgan fingerprint density at radius 1 is 1.19 bits per heavy atom. The summed E-state index contributed by atoms with van der Waals surface area (Å²) in [5.74, 6) is 0.268. The number of carbonyl (C=O) groups is 1. The molecule has 1 aromatic carbocycles. The summed E-state index contributed by atoms with van der Waals surface area (Å²) >= 11 is 7.25. The third-order valence-electron chi connectivity index (χ3n) is 5.00. The van der Waals surface area contributed by atoms with E-state index in [1.165, 1.54) is 29.4 Å². The number of nitrogens with one attached hydrogen (secondary N) is 1. The molecule has 168 valence electrons. The predicted octanol–water partition coefficient (Wildman–Crippen LogP) is 4.43. The Balaban J connectivity index is 1.65. The lowest BCUT2D eigenvalue weighted by molar-refractivity contribution is -0.115. The van der Waals surface area contributed by atoms with Gasteiger partial charge in [0.15, 0.2) is 0 Å². The fourth-order valence-electron chi connectivity index (χ4n) is 3.27. The molecule has 0 spiro atoms. The Hall–Kier alpha value is -1.81. The number of rotatable bonds is 7. The second-order valence-corrected chi connectivity index (χ2v) is 11.0. The molecule has 1 aliphatic heterocycles. The topological polar surface area (TPSA) is 88.6 Å². The van der Waals surface area contributed by atoms with Crippen molar-refractivity contribution in [3.8, 4) is 5.75 Å². The molecule has 2 heterocycles. The molecule has 1 aliphatic rings. The molecule has 10 heteroatoms. The molecule has 1 fully saturated rings. The number of thioether (sulfide) groups is 1. The van der Waals surface area contributed by atoms with Crippen molar-refractivity contribution < 1.29 is 17.9 Å². The molecule has 31 heavy (non-hydrogen) atoms. The number of sulfonamides is 1. The molecule has 0 aliphatic carbocycles. The molecule has 0 radical (unpaired) electrons. The van der Waals surface area contributed by atoms with Gasteiger partial charge in [-0.2, -0.15) is 4.31 Å². The maximum atomic E-state index is 12.9. The Morgan fingerprint density at radius 3 is 2.52 bits per heavy atom. The summed E-state index contributed by atoms with van der Waals surface area (Å²) in [5, 5.41) is 3.39. The minimum atomic E-state index is -3.54. The van der Waals surface area contributed by atoms with Gasteiger partial charge in [0.25, 0.3) is 0 Å². The average Bonchev–Trinajstić information content (AvgIpc) is 3.04. The molecule has 1 aromatic heterocycles. The van der Waals surface area contributed by atoms with Crippen molar-refractivity contribution in [3.63, 3.8) is 0 Å². The molecular formula is C21H26ClN3O4S2. The van der Waals surface area contributed by atoms with Gasteiger partial charge < -0.3 is 10.1 Å². The Bertz CT molecular complexity index is 1010. The molecule has 0 bridgehead atoms. The van der Waals surface area contributed by atoms with Crippen LogP contribution < -0.4 is 10.1 Å². The van der Waals surface area contributed by atoms with E-state index in [-0.39, 0.29) is 10.8 Å². The third-order valence-corrected chi connectivity index (χ3v) is 8.17. The van der Waals surface area contributed by atoms with E-state index in [0.717, 1.165) is 25.7 Å². The Morgan fingerprint density at radius 2 is 1.90 bits per heavy atom. The highest BCUT2D eigenvalue weighted by atomic mass is 35.5. The highest BCUT2D eigenvalue weighted by Gasteiger charge is 2.25. The van der Waals surface area contributed by atoms with Gasteiger partial charge >= 0.3 is 0 Å². The molecule has 0 unspecified atom stereocenters. The standard InChI is InChI=1S/C21H26ClN3O4S2/c1-15(21(26)24-18-13-16(22)7-9-19(18)29-2)30-20-10-8-17(14-23-20)31(27,28)25-11-5-3-4-6-12-25/h7-10,13-15H,3-6,11-12H2,1-2H3,(H,24,26)/t15-/m1/s1. The molecular weight excluding hydrogens is 458 g/mol. The molecule has 1 amide bonds. The lowest BCUT2D eigenvalue weighted by Gasteiger charge is -2.19. The van der Waals surface area contributed by atoms with Crippen molar-refractivity contribution in [2.24, 2.45) is 0 Å². The highest BCUT2D eigenvalue weighted by molar-refractivity contribution is 8.00. The van der Waals surface area contributed by atoms with Crippen LogP contribution in [0.2, 0.25) is 5.02 Å². The number of nitrogens with zero attached hydrogens (tertiary/aromatic N) is 2. The number of anilines is 1. The van der Waals surface area contributed by atoms with Gasteiger partial charge in [0.2, 0.25) is 15.9 Å². The normalized spacial score (nSPS) is 16.4. The van der Waals surface area contributed by atoms with E-state index in [1.807, 2.05) is 0 Å². The number of aromatic nitrogens is 1. The molecule has 1 N–H and O–H groups in total. The van der Waals surface area contributed by atoms with Crippen molar-refractivity contribution in [1.29, 1.82) is 0 Å².